The van der Waals surface area contributed by atoms with Gasteiger partial charge in [0.15, 0.2) is 8.07 Å². The first-order valence-electron chi connectivity index (χ1n) is 13.4. The molecular formula is C36H25N3Si. The second kappa shape index (κ2) is 9.81. The van der Waals surface area contributed by atoms with E-state index in [0.29, 0.717) is 5.69 Å². The molecule has 0 amide bonds. The van der Waals surface area contributed by atoms with E-state index in [1.165, 1.54) is 32.1 Å². The van der Waals surface area contributed by atoms with Crippen LogP contribution in [0.2, 0.25) is 0 Å². The largest absolute Gasteiger partial charge is 0.310 e. The molecule has 0 radical (unpaired) electrons. The molecule has 0 bridgehead atoms. The van der Waals surface area contributed by atoms with Crippen molar-refractivity contribution in [3.8, 4) is 17.3 Å². The molecule has 0 aliphatic carbocycles. The fourth-order valence-corrected chi connectivity index (χ4v) is 11.3. The zero-order chi connectivity index (χ0) is 26.9. The van der Waals surface area contributed by atoms with Crippen LogP contribution in [0.3, 0.4) is 0 Å². The van der Waals surface area contributed by atoms with Crippen molar-refractivity contribution in [2.45, 2.75) is 0 Å². The third-order valence-corrected chi connectivity index (χ3v) is 12.7. The summed E-state index contributed by atoms with van der Waals surface area (Å²) in [6.07, 6.45) is 0. The predicted molar refractivity (Wildman–Crippen MR) is 166 cm³/mol. The van der Waals surface area contributed by atoms with E-state index in [-0.39, 0.29) is 0 Å². The zero-order valence-corrected chi connectivity index (χ0v) is 22.8. The SMILES string of the molecule is N#Cc1cccc(-c2ccccc2N2c3ccccc3[Si](c3ccccc3)(c3ccccc3)c3ccccc32)n1. The predicted octanol–water partition coefficient (Wildman–Crippen LogP) is 5.78. The van der Waals surface area contributed by atoms with Crippen molar-refractivity contribution in [2.24, 2.45) is 0 Å². The summed E-state index contributed by atoms with van der Waals surface area (Å²) in [5.74, 6) is 0. The highest BCUT2D eigenvalue weighted by atomic mass is 28.3. The van der Waals surface area contributed by atoms with Crippen molar-refractivity contribution in [2.75, 3.05) is 4.90 Å². The molecular weight excluding hydrogens is 503 g/mol. The zero-order valence-electron chi connectivity index (χ0n) is 21.8. The van der Waals surface area contributed by atoms with Crippen LogP contribution in [0.15, 0.2) is 152 Å². The lowest BCUT2D eigenvalue weighted by Crippen LogP contribution is -2.77. The quantitative estimate of drug-likeness (QED) is 0.273. The number of para-hydroxylation sites is 3. The summed E-state index contributed by atoms with van der Waals surface area (Å²) in [6.45, 7) is 0. The average molecular weight is 528 g/mol. The highest BCUT2D eigenvalue weighted by molar-refractivity contribution is 7.21. The van der Waals surface area contributed by atoms with Gasteiger partial charge in [-0.1, -0.05) is 121 Å². The Bertz CT molecular complexity index is 1790. The van der Waals surface area contributed by atoms with Crippen molar-refractivity contribution in [3.63, 3.8) is 0 Å². The number of fused-ring (bicyclic) bond motifs is 2. The van der Waals surface area contributed by atoms with Gasteiger partial charge in [0, 0.05) is 16.9 Å². The van der Waals surface area contributed by atoms with Gasteiger partial charge in [-0.2, -0.15) is 5.26 Å². The van der Waals surface area contributed by atoms with E-state index in [9.17, 15) is 5.26 Å². The number of hydrogen-bond donors (Lipinski definition) is 0. The minimum atomic E-state index is -2.66. The standard InChI is InChI=1S/C36H25N3Si/c37-26-27-14-13-20-31(38-27)30-19-7-8-21-32(30)39-33-22-9-11-24-35(33)40(28-15-3-1-4-16-28,29-17-5-2-6-18-29)36-25-12-10-23-34(36)39/h1-25H. The van der Waals surface area contributed by atoms with Crippen molar-refractivity contribution >= 4 is 45.9 Å². The van der Waals surface area contributed by atoms with Gasteiger partial charge in [-0.25, -0.2) is 4.98 Å². The molecule has 0 saturated carbocycles. The molecule has 0 unspecified atom stereocenters. The molecule has 4 heteroatoms. The van der Waals surface area contributed by atoms with Gasteiger partial charge in [0.2, 0.25) is 0 Å². The third kappa shape index (κ3) is 3.60. The Hall–Kier alpha value is -5.24. The summed E-state index contributed by atoms with van der Waals surface area (Å²) in [5, 5.41) is 15.0. The summed E-state index contributed by atoms with van der Waals surface area (Å²) in [4.78, 5) is 7.06. The number of pyridine rings is 1. The van der Waals surface area contributed by atoms with Crippen LogP contribution in [0, 0.1) is 11.3 Å². The Kier molecular flexibility index (Phi) is 5.85. The van der Waals surface area contributed by atoms with Crippen LogP contribution < -0.4 is 25.6 Å². The maximum atomic E-state index is 9.54. The van der Waals surface area contributed by atoms with Crippen LogP contribution in [-0.2, 0) is 0 Å². The molecule has 1 aliphatic rings. The molecule has 1 aliphatic heterocycles. The van der Waals surface area contributed by atoms with Gasteiger partial charge in [0.25, 0.3) is 0 Å². The number of aromatic nitrogens is 1. The number of hydrogen-bond acceptors (Lipinski definition) is 3. The Morgan fingerprint density at radius 3 is 1.57 bits per heavy atom. The molecule has 7 rings (SSSR count). The molecule has 0 fully saturated rings. The second-order valence-corrected chi connectivity index (χ2v) is 13.6. The molecule has 40 heavy (non-hydrogen) atoms. The van der Waals surface area contributed by atoms with Gasteiger partial charge in [-0.15, -0.1) is 0 Å². The summed E-state index contributed by atoms with van der Waals surface area (Å²) < 4.78 is 0. The molecule has 1 aromatic heterocycles. The van der Waals surface area contributed by atoms with Crippen molar-refractivity contribution in [3.05, 3.63) is 157 Å². The average Bonchev–Trinajstić information content (AvgIpc) is 3.04. The maximum absolute atomic E-state index is 9.54. The van der Waals surface area contributed by atoms with Crippen LogP contribution in [0.25, 0.3) is 11.3 Å². The van der Waals surface area contributed by atoms with Gasteiger partial charge in [0.1, 0.15) is 11.8 Å². The van der Waals surface area contributed by atoms with Crippen LogP contribution in [0.1, 0.15) is 5.69 Å². The van der Waals surface area contributed by atoms with Crippen LogP contribution in [0.5, 0.6) is 0 Å². The summed E-state index contributed by atoms with van der Waals surface area (Å²) >= 11 is 0. The van der Waals surface area contributed by atoms with Crippen LogP contribution >= 0.6 is 0 Å². The number of benzene rings is 5. The highest BCUT2D eigenvalue weighted by Crippen LogP contribution is 2.42. The Morgan fingerprint density at radius 1 is 0.500 bits per heavy atom. The lowest BCUT2D eigenvalue weighted by molar-refractivity contribution is 1.24. The minimum Gasteiger partial charge on any atom is -0.310 e. The molecule has 0 N–H and O–H groups in total. The number of nitrogens with zero attached hydrogens (tertiary/aromatic N) is 3. The molecule has 3 nitrogen and oxygen atoms in total. The van der Waals surface area contributed by atoms with E-state index in [4.69, 9.17) is 0 Å². The first-order valence-corrected chi connectivity index (χ1v) is 15.4. The highest BCUT2D eigenvalue weighted by Gasteiger charge is 2.48. The fraction of sp³-hybridized carbons (Fsp3) is 0. The number of nitriles is 1. The van der Waals surface area contributed by atoms with Crippen molar-refractivity contribution < 1.29 is 0 Å². The second-order valence-electron chi connectivity index (χ2n) is 9.89. The summed E-state index contributed by atoms with van der Waals surface area (Å²) in [5.41, 5.74) is 5.55. The van der Waals surface area contributed by atoms with Gasteiger partial charge >= 0.3 is 0 Å². The minimum absolute atomic E-state index is 0.409. The number of rotatable bonds is 4. The molecule has 0 saturated heterocycles. The summed E-state index contributed by atoms with van der Waals surface area (Å²) in [7, 11) is -2.66. The van der Waals surface area contributed by atoms with Crippen molar-refractivity contribution in [1.82, 2.24) is 4.98 Å². The lowest BCUT2D eigenvalue weighted by Gasteiger charge is -2.45. The summed E-state index contributed by atoms with van der Waals surface area (Å²) in [6, 6.07) is 56.0. The Labute approximate surface area is 235 Å². The van der Waals surface area contributed by atoms with Gasteiger partial charge in [-0.3, -0.25) is 0 Å². The topological polar surface area (TPSA) is 39.9 Å². The van der Waals surface area contributed by atoms with Crippen molar-refractivity contribution in [1.29, 1.82) is 5.26 Å². The van der Waals surface area contributed by atoms with E-state index in [1.54, 1.807) is 6.07 Å². The Balaban J connectivity index is 1.58. The first kappa shape index (κ1) is 23.8. The number of anilines is 3. The fourth-order valence-electron chi connectivity index (χ4n) is 6.20. The van der Waals surface area contributed by atoms with E-state index in [0.717, 1.165) is 16.9 Å². The first-order chi connectivity index (χ1) is 19.8. The molecule has 0 atom stereocenters. The molecule has 6 aromatic rings. The molecule has 0 spiro atoms. The molecule has 5 aromatic carbocycles. The van der Waals surface area contributed by atoms with Gasteiger partial charge < -0.3 is 4.90 Å². The molecule has 188 valence electrons. The Morgan fingerprint density at radius 2 is 1.00 bits per heavy atom. The van der Waals surface area contributed by atoms with Gasteiger partial charge in [-0.05, 0) is 51.1 Å². The van der Waals surface area contributed by atoms with E-state index in [2.05, 4.69) is 143 Å². The molecule has 2 heterocycles. The maximum Gasteiger partial charge on any atom is 0.184 e. The van der Waals surface area contributed by atoms with E-state index in [1.807, 2.05) is 18.2 Å². The van der Waals surface area contributed by atoms with E-state index < -0.39 is 8.07 Å². The van der Waals surface area contributed by atoms with Crippen LogP contribution in [-0.4, -0.2) is 13.1 Å². The smallest absolute Gasteiger partial charge is 0.184 e. The van der Waals surface area contributed by atoms with Crippen LogP contribution in [0.4, 0.5) is 17.1 Å². The monoisotopic (exact) mass is 527 g/mol. The van der Waals surface area contributed by atoms with Gasteiger partial charge in [0.05, 0.1) is 11.4 Å². The normalized spacial score (nSPS) is 13.1. The lowest BCUT2D eigenvalue weighted by atomic mass is 10.1. The van der Waals surface area contributed by atoms with E-state index >= 15 is 0 Å². The third-order valence-electron chi connectivity index (χ3n) is 7.80.